The number of ether oxygens (including phenoxy) is 1. The molecule has 1 aromatic carbocycles. The summed E-state index contributed by atoms with van der Waals surface area (Å²) < 4.78 is 11.4. The number of para-hydroxylation sites is 1. The third-order valence-corrected chi connectivity index (χ3v) is 5.72. The van der Waals surface area contributed by atoms with Crippen LogP contribution in [0, 0.1) is 0 Å². The number of aliphatic hydroxyl groups excluding tert-OH is 1. The number of allylic oxidation sites excluding steroid dienone is 2. The largest absolute Gasteiger partial charge is 0.486 e. The van der Waals surface area contributed by atoms with E-state index in [1.165, 1.54) is 5.57 Å². The van der Waals surface area contributed by atoms with E-state index in [1.54, 1.807) is 13.0 Å². The van der Waals surface area contributed by atoms with Crippen molar-refractivity contribution in [3.63, 3.8) is 0 Å². The molecule has 2 N–H and O–H groups in total. The van der Waals surface area contributed by atoms with Gasteiger partial charge in [0.25, 0.3) is 0 Å². The van der Waals surface area contributed by atoms with Gasteiger partial charge in [0.05, 0.1) is 22.7 Å². The molecule has 0 radical (unpaired) electrons. The van der Waals surface area contributed by atoms with Crippen LogP contribution in [0.3, 0.4) is 0 Å². The predicted molar refractivity (Wildman–Crippen MR) is 114 cm³/mol. The quantitative estimate of drug-likeness (QED) is 0.512. The maximum Gasteiger partial charge on any atom is 0.343 e. The molecule has 3 rings (SSSR count). The molecule has 2 heterocycles. The molecule has 2 aromatic rings. The van der Waals surface area contributed by atoms with Gasteiger partial charge in [-0.1, -0.05) is 35.9 Å². The third-order valence-electron chi connectivity index (χ3n) is 5.72. The Labute approximate surface area is 171 Å². The summed E-state index contributed by atoms with van der Waals surface area (Å²) in [7, 11) is 0. The Bertz CT molecular complexity index is 982. The molecule has 0 saturated heterocycles. The van der Waals surface area contributed by atoms with Crippen molar-refractivity contribution in [2.24, 2.45) is 0 Å². The van der Waals surface area contributed by atoms with Crippen LogP contribution in [0.1, 0.15) is 52.0 Å². The number of hydrogen-bond acceptors (Lipinski definition) is 5. The fourth-order valence-electron chi connectivity index (χ4n) is 3.67. The molecular weight excluding hydrogens is 368 g/mol. The maximum absolute atomic E-state index is 12.3. The van der Waals surface area contributed by atoms with Crippen LogP contribution < -0.4 is 10.4 Å². The average Bonchev–Trinajstić information content (AvgIpc) is 3.13. The van der Waals surface area contributed by atoms with Crippen molar-refractivity contribution in [2.45, 2.75) is 70.7 Å². The molecule has 1 aliphatic rings. The van der Waals surface area contributed by atoms with Gasteiger partial charge in [0.2, 0.25) is 0 Å². The summed E-state index contributed by atoms with van der Waals surface area (Å²) in [6, 6.07) is 7.28. The number of fused-ring (bicyclic) bond motifs is 3. The Morgan fingerprint density at radius 2 is 2.10 bits per heavy atom. The summed E-state index contributed by atoms with van der Waals surface area (Å²) in [5.41, 5.74) is 1.45. The molecule has 0 aliphatic carbocycles. The molecule has 0 unspecified atom stereocenters. The van der Waals surface area contributed by atoms with Gasteiger partial charge in [-0.15, -0.1) is 0 Å². The van der Waals surface area contributed by atoms with Crippen molar-refractivity contribution in [3.8, 4) is 5.75 Å². The van der Waals surface area contributed by atoms with E-state index in [9.17, 15) is 15.0 Å². The Kier molecular flexibility index (Phi) is 6.30. The second-order valence-electron chi connectivity index (χ2n) is 8.35. The Morgan fingerprint density at radius 3 is 2.83 bits per heavy atom. The smallest absolute Gasteiger partial charge is 0.343 e. The zero-order valence-electron chi connectivity index (χ0n) is 17.4. The van der Waals surface area contributed by atoms with Gasteiger partial charge in [0.15, 0.2) is 0 Å². The van der Waals surface area contributed by atoms with Crippen molar-refractivity contribution < 1.29 is 19.4 Å². The molecule has 0 saturated carbocycles. The Balaban J connectivity index is 1.64. The highest BCUT2D eigenvalue weighted by molar-refractivity contribution is 5.84. The first kappa shape index (κ1) is 21.3. The summed E-state index contributed by atoms with van der Waals surface area (Å²) in [5, 5.41) is 21.6. The lowest BCUT2D eigenvalue weighted by atomic mass is 9.90. The van der Waals surface area contributed by atoms with Crippen molar-refractivity contribution >= 4 is 11.0 Å². The Morgan fingerprint density at radius 1 is 1.38 bits per heavy atom. The fraction of sp³-hybridized carbons (Fsp3) is 0.458. The number of benzene rings is 1. The number of rotatable bonds is 8. The van der Waals surface area contributed by atoms with Crippen LogP contribution in [-0.4, -0.2) is 28.0 Å². The van der Waals surface area contributed by atoms with E-state index >= 15 is 0 Å². The SMILES string of the molecule is C=C(C)[C@H](O)CC/C(C)=C/CC[C@](C)(O)[C@H]1Cc2c(c3ccccc3oc2=O)O1. The second kappa shape index (κ2) is 8.56. The summed E-state index contributed by atoms with van der Waals surface area (Å²) in [6.45, 7) is 9.37. The predicted octanol–water partition coefficient (Wildman–Crippen LogP) is 4.29. The minimum absolute atomic E-state index is 0.336. The first-order valence-electron chi connectivity index (χ1n) is 10.1. The minimum Gasteiger partial charge on any atom is -0.486 e. The van der Waals surface area contributed by atoms with Gasteiger partial charge in [-0.2, -0.15) is 0 Å². The van der Waals surface area contributed by atoms with Gasteiger partial charge in [0, 0.05) is 6.42 Å². The van der Waals surface area contributed by atoms with Crippen molar-refractivity contribution in [2.75, 3.05) is 0 Å². The van der Waals surface area contributed by atoms with E-state index in [0.29, 0.717) is 42.6 Å². The average molecular weight is 398 g/mol. The van der Waals surface area contributed by atoms with E-state index in [4.69, 9.17) is 9.15 Å². The number of hydrogen-bond donors (Lipinski definition) is 2. The molecule has 3 atom stereocenters. The van der Waals surface area contributed by atoms with E-state index in [0.717, 1.165) is 17.4 Å². The van der Waals surface area contributed by atoms with Crippen molar-refractivity contribution in [1.82, 2.24) is 0 Å². The molecule has 1 aromatic heterocycles. The maximum atomic E-state index is 12.3. The summed E-state index contributed by atoms with van der Waals surface area (Å²) in [5.74, 6) is 0.530. The lowest BCUT2D eigenvalue weighted by Gasteiger charge is -2.29. The van der Waals surface area contributed by atoms with Gasteiger partial charge < -0.3 is 19.4 Å². The molecule has 0 bridgehead atoms. The summed E-state index contributed by atoms with van der Waals surface area (Å²) in [4.78, 5) is 12.3. The highest BCUT2D eigenvalue weighted by atomic mass is 16.5. The normalized spacial score (nSPS) is 19.5. The van der Waals surface area contributed by atoms with E-state index in [2.05, 4.69) is 12.7 Å². The molecule has 0 fully saturated rings. The van der Waals surface area contributed by atoms with Crippen molar-refractivity contribution in [3.05, 3.63) is 64.1 Å². The summed E-state index contributed by atoms with van der Waals surface area (Å²) in [6.07, 6.45) is 4.09. The van der Waals surface area contributed by atoms with Crippen LogP contribution in [0.5, 0.6) is 5.75 Å². The molecule has 156 valence electrons. The van der Waals surface area contributed by atoms with Crippen LogP contribution in [0.4, 0.5) is 0 Å². The molecular formula is C24H30O5. The van der Waals surface area contributed by atoms with Gasteiger partial charge in [0.1, 0.15) is 17.4 Å². The molecule has 5 nitrogen and oxygen atoms in total. The van der Waals surface area contributed by atoms with Crippen LogP contribution in [0.2, 0.25) is 0 Å². The second-order valence-corrected chi connectivity index (χ2v) is 8.35. The first-order chi connectivity index (χ1) is 13.7. The van der Waals surface area contributed by atoms with Crippen LogP contribution in [0.15, 0.2) is 57.3 Å². The topological polar surface area (TPSA) is 79.9 Å². The Hall–Kier alpha value is -2.37. The lowest BCUT2D eigenvalue weighted by molar-refractivity contribution is -0.0429. The highest BCUT2D eigenvalue weighted by Crippen LogP contribution is 2.38. The fourth-order valence-corrected chi connectivity index (χ4v) is 3.67. The monoisotopic (exact) mass is 398 g/mol. The van der Waals surface area contributed by atoms with Gasteiger partial charge in [-0.05, 0) is 58.6 Å². The van der Waals surface area contributed by atoms with Crippen LogP contribution in [0.25, 0.3) is 11.0 Å². The zero-order chi connectivity index (χ0) is 21.2. The van der Waals surface area contributed by atoms with Crippen LogP contribution in [-0.2, 0) is 6.42 Å². The lowest BCUT2D eigenvalue weighted by Crippen LogP contribution is -2.42. The molecule has 1 aliphatic heterocycles. The van der Waals surface area contributed by atoms with E-state index in [1.807, 2.05) is 32.0 Å². The van der Waals surface area contributed by atoms with Crippen LogP contribution >= 0.6 is 0 Å². The number of aliphatic hydroxyl groups is 2. The van der Waals surface area contributed by atoms with E-state index < -0.39 is 23.4 Å². The van der Waals surface area contributed by atoms with Gasteiger partial charge in [-0.25, -0.2) is 4.79 Å². The van der Waals surface area contributed by atoms with Crippen molar-refractivity contribution in [1.29, 1.82) is 0 Å². The first-order valence-corrected chi connectivity index (χ1v) is 10.1. The van der Waals surface area contributed by atoms with Gasteiger partial charge in [-0.3, -0.25) is 0 Å². The molecule has 0 spiro atoms. The summed E-state index contributed by atoms with van der Waals surface area (Å²) >= 11 is 0. The third kappa shape index (κ3) is 4.80. The highest BCUT2D eigenvalue weighted by Gasteiger charge is 2.40. The molecule has 5 heteroatoms. The minimum atomic E-state index is -1.08. The zero-order valence-corrected chi connectivity index (χ0v) is 17.4. The van der Waals surface area contributed by atoms with E-state index in [-0.39, 0.29) is 0 Å². The molecule has 0 amide bonds. The molecule has 29 heavy (non-hydrogen) atoms. The van der Waals surface area contributed by atoms with Gasteiger partial charge >= 0.3 is 5.63 Å². The standard InChI is InChI=1S/C24H30O5/c1-15(2)19(25)12-11-16(3)8-7-13-24(4,27)21-14-18-22(29-21)17-9-5-6-10-20(17)28-23(18)26/h5-6,8-10,19,21,25,27H,1,7,11-14H2,2-4H3/b16-8+/t19-,21-,24+/m1/s1.